The number of hydrogen-bond donors (Lipinski definition) is 0. The van der Waals surface area contributed by atoms with Crippen molar-refractivity contribution in [1.82, 2.24) is 0 Å². The smallest absolute Gasteiger partial charge is 0.263 e. The Morgan fingerprint density at radius 1 is 1.26 bits per heavy atom. The van der Waals surface area contributed by atoms with E-state index in [2.05, 4.69) is 4.99 Å². The fraction of sp³-hybridized carbons (Fsp3) is 0.867. The third-order valence-corrected chi connectivity index (χ3v) is 7.02. The van der Waals surface area contributed by atoms with Gasteiger partial charge in [-0.15, -0.1) is 0 Å². The lowest BCUT2D eigenvalue weighted by Crippen LogP contribution is -2.37. The van der Waals surface area contributed by atoms with Crippen LogP contribution in [0.1, 0.15) is 44.9 Å². The Kier molecular flexibility index (Phi) is 2.99. The average molecular weight is 279 g/mol. The first-order chi connectivity index (χ1) is 9.25. The summed E-state index contributed by atoms with van der Waals surface area (Å²) in [6, 6.07) is 0. The van der Waals surface area contributed by atoms with Crippen LogP contribution >= 0.6 is 11.8 Å². The molecule has 0 unspecified atom stereocenters. The van der Waals surface area contributed by atoms with Gasteiger partial charge in [-0.3, -0.25) is 4.79 Å². The Balaban J connectivity index is 1.43. The molecule has 0 aromatic carbocycles. The van der Waals surface area contributed by atoms with E-state index < -0.39 is 0 Å². The maximum Gasteiger partial charge on any atom is 0.263 e. The van der Waals surface area contributed by atoms with Gasteiger partial charge in [-0.25, -0.2) is 4.99 Å². The highest BCUT2D eigenvalue weighted by atomic mass is 32.2. The van der Waals surface area contributed by atoms with Crippen LogP contribution in [0, 0.1) is 17.8 Å². The SMILES string of the molecule is O=C1N=C(C[C@H]2C[C@@H]3CC[C@H]2C3)SC12CCOCC2. The minimum atomic E-state index is -0.245. The summed E-state index contributed by atoms with van der Waals surface area (Å²) in [4.78, 5) is 16.6. The van der Waals surface area contributed by atoms with Gasteiger partial charge in [0.05, 0.1) is 5.04 Å². The van der Waals surface area contributed by atoms with E-state index in [1.54, 1.807) is 11.8 Å². The normalized spacial score (nSPS) is 40.1. The highest BCUT2D eigenvalue weighted by Gasteiger charge is 2.47. The van der Waals surface area contributed by atoms with Gasteiger partial charge in [0, 0.05) is 13.2 Å². The molecule has 2 aliphatic heterocycles. The molecule has 0 aromatic heterocycles. The van der Waals surface area contributed by atoms with Gasteiger partial charge in [-0.1, -0.05) is 18.2 Å². The summed E-state index contributed by atoms with van der Waals surface area (Å²) in [6.07, 6.45) is 8.45. The molecule has 2 bridgehead atoms. The number of carbonyl (C=O) groups excluding carboxylic acids is 1. The zero-order valence-corrected chi connectivity index (χ0v) is 12.1. The number of thioether (sulfide) groups is 1. The Labute approximate surface area is 118 Å². The number of carbonyl (C=O) groups is 1. The highest BCUT2D eigenvalue weighted by molar-refractivity contribution is 8.16. The molecule has 3 atom stereocenters. The minimum Gasteiger partial charge on any atom is -0.381 e. The van der Waals surface area contributed by atoms with Crippen LogP contribution in [0.4, 0.5) is 0 Å². The van der Waals surface area contributed by atoms with E-state index in [0.29, 0.717) is 0 Å². The lowest BCUT2D eigenvalue weighted by molar-refractivity contribution is -0.122. The zero-order valence-electron chi connectivity index (χ0n) is 11.3. The van der Waals surface area contributed by atoms with Crippen molar-refractivity contribution in [2.24, 2.45) is 22.7 Å². The first-order valence-corrected chi connectivity index (χ1v) is 8.46. The van der Waals surface area contributed by atoms with E-state index in [9.17, 15) is 4.79 Å². The predicted molar refractivity (Wildman–Crippen MR) is 76.4 cm³/mol. The molecule has 19 heavy (non-hydrogen) atoms. The second-order valence-corrected chi connectivity index (χ2v) is 8.12. The van der Waals surface area contributed by atoms with Crippen molar-refractivity contribution in [2.45, 2.75) is 49.7 Å². The van der Waals surface area contributed by atoms with E-state index in [-0.39, 0.29) is 10.7 Å². The van der Waals surface area contributed by atoms with Crippen LogP contribution in [-0.2, 0) is 9.53 Å². The van der Waals surface area contributed by atoms with Crippen molar-refractivity contribution < 1.29 is 9.53 Å². The van der Waals surface area contributed by atoms with Crippen LogP contribution in [0.15, 0.2) is 4.99 Å². The fourth-order valence-electron chi connectivity index (χ4n) is 4.46. The summed E-state index contributed by atoms with van der Waals surface area (Å²) in [7, 11) is 0. The average Bonchev–Trinajstić information content (AvgIpc) is 3.08. The van der Waals surface area contributed by atoms with Gasteiger partial charge >= 0.3 is 0 Å². The lowest BCUT2D eigenvalue weighted by atomic mass is 9.87. The van der Waals surface area contributed by atoms with Crippen LogP contribution in [0.2, 0.25) is 0 Å². The number of hydrogen-bond acceptors (Lipinski definition) is 3. The van der Waals surface area contributed by atoms with E-state index in [4.69, 9.17) is 4.74 Å². The van der Waals surface area contributed by atoms with E-state index in [1.165, 1.54) is 25.7 Å². The number of ether oxygens (including phenoxy) is 1. The number of fused-ring (bicyclic) bond motifs is 2. The van der Waals surface area contributed by atoms with E-state index >= 15 is 0 Å². The molecule has 0 aromatic rings. The fourth-order valence-corrected chi connectivity index (χ4v) is 5.84. The molecular formula is C15H21NO2S. The third-order valence-electron chi connectivity index (χ3n) is 5.55. The first kappa shape index (κ1) is 12.4. The molecule has 4 heteroatoms. The summed E-state index contributed by atoms with van der Waals surface area (Å²) in [5, 5.41) is 1.13. The van der Waals surface area contributed by atoms with Gasteiger partial charge in [0.25, 0.3) is 5.91 Å². The molecule has 4 aliphatic rings. The van der Waals surface area contributed by atoms with Crippen LogP contribution in [0.5, 0.6) is 0 Å². The summed E-state index contributed by atoms with van der Waals surface area (Å²) >= 11 is 1.78. The second-order valence-electron chi connectivity index (χ2n) is 6.66. The Morgan fingerprint density at radius 2 is 2.11 bits per heavy atom. The van der Waals surface area contributed by atoms with Gasteiger partial charge < -0.3 is 4.74 Å². The molecule has 3 nitrogen and oxygen atoms in total. The van der Waals surface area contributed by atoms with Gasteiger partial charge in [-0.05, 0) is 56.3 Å². The van der Waals surface area contributed by atoms with E-state index in [0.717, 1.165) is 55.3 Å². The second kappa shape index (κ2) is 4.59. The molecule has 0 N–H and O–H groups in total. The molecule has 3 fully saturated rings. The topological polar surface area (TPSA) is 38.7 Å². The van der Waals surface area contributed by atoms with Gasteiger partial charge in [-0.2, -0.15) is 0 Å². The van der Waals surface area contributed by atoms with Gasteiger partial charge in [0.15, 0.2) is 0 Å². The van der Waals surface area contributed by atoms with Crippen molar-refractivity contribution in [3.05, 3.63) is 0 Å². The minimum absolute atomic E-state index is 0.124. The lowest BCUT2D eigenvalue weighted by Gasteiger charge is -2.30. The molecule has 1 spiro atoms. The monoisotopic (exact) mass is 279 g/mol. The zero-order chi connectivity index (χ0) is 12.9. The highest BCUT2D eigenvalue weighted by Crippen LogP contribution is 2.51. The molecule has 1 amide bonds. The Bertz CT molecular complexity index is 428. The van der Waals surface area contributed by atoms with Crippen LogP contribution < -0.4 is 0 Å². The molecule has 4 rings (SSSR count). The van der Waals surface area contributed by atoms with Crippen LogP contribution in [-0.4, -0.2) is 28.9 Å². The Morgan fingerprint density at radius 3 is 2.79 bits per heavy atom. The van der Waals surface area contributed by atoms with Crippen molar-refractivity contribution in [3.8, 4) is 0 Å². The standard InChI is InChI=1S/C15H21NO2S/c17-14-15(3-5-18-6-4-15)19-13(16-14)9-12-8-10-1-2-11(12)7-10/h10-12H,1-9H2/t10-,11+,12-/m1/s1. The number of rotatable bonds is 2. The first-order valence-electron chi connectivity index (χ1n) is 7.64. The summed E-state index contributed by atoms with van der Waals surface area (Å²) < 4.78 is 5.15. The molecule has 104 valence electrons. The maximum atomic E-state index is 12.2. The molecule has 0 radical (unpaired) electrons. The van der Waals surface area contributed by atoms with Crippen LogP contribution in [0.3, 0.4) is 0 Å². The third kappa shape index (κ3) is 2.07. The van der Waals surface area contributed by atoms with Crippen molar-refractivity contribution in [3.63, 3.8) is 0 Å². The summed E-state index contributed by atoms with van der Waals surface area (Å²) in [5.41, 5.74) is 0. The molecular weight excluding hydrogens is 258 g/mol. The summed E-state index contributed by atoms with van der Waals surface area (Å²) in [6.45, 7) is 1.44. The Hall–Kier alpha value is -0.350. The maximum absolute atomic E-state index is 12.2. The molecule has 2 saturated carbocycles. The van der Waals surface area contributed by atoms with Gasteiger partial charge in [0.1, 0.15) is 4.75 Å². The van der Waals surface area contributed by atoms with Crippen molar-refractivity contribution in [1.29, 1.82) is 0 Å². The van der Waals surface area contributed by atoms with Gasteiger partial charge in [0.2, 0.25) is 0 Å². The quantitative estimate of drug-likeness (QED) is 0.780. The molecule has 1 saturated heterocycles. The molecule has 2 aliphatic carbocycles. The van der Waals surface area contributed by atoms with Crippen LogP contribution in [0.25, 0.3) is 0 Å². The summed E-state index contributed by atoms with van der Waals surface area (Å²) in [5.74, 6) is 2.84. The van der Waals surface area contributed by atoms with Crippen molar-refractivity contribution >= 4 is 22.7 Å². The largest absolute Gasteiger partial charge is 0.381 e. The van der Waals surface area contributed by atoms with Crippen molar-refractivity contribution in [2.75, 3.05) is 13.2 Å². The number of amides is 1. The number of nitrogens with zero attached hydrogens (tertiary/aromatic N) is 1. The number of aliphatic imine (C=N–C) groups is 1. The predicted octanol–water partition coefficient (Wildman–Crippen LogP) is 3.03. The van der Waals surface area contributed by atoms with E-state index in [1.807, 2.05) is 0 Å². The molecule has 2 heterocycles.